The summed E-state index contributed by atoms with van der Waals surface area (Å²) in [5, 5.41) is 0. The first-order chi connectivity index (χ1) is 8.34. The van der Waals surface area contributed by atoms with Crippen LogP contribution in [0.4, 0.5) is 0 Å². The molecule has 2 N–H and O–H groups in total. The van der Waals surface area contributed by atoms with Gasteiger partial charge in [0.25, 0.3) is 0 Å². The molecule has 0 aromatic heterocycles. The number of nitrogens with two attached hydrogens (primary N) is 1. The maximum absolute atomic E-state index is 6.15. The van der Waals surface area contributed by atoms with Crippen molar-refractivity contribution in [2.24, 2.45) is 5.73 Å². The molecule has 102 valence electrons. The third-order valence-electron chi connectivity index (χ3n) is 3.22. The van der Waals surface area contributed by atoms with Gasteiger partial charge in [0.05, 0.1) is 0 Å². The molecule has 0 spiro atoms. The molecule has 2 nitrogen and oxygen atoms in total. The summed E-state index contributed by atoms with van der Waals surface area (Å²) in [5.41, 5.74) is 6.15. The highest BCUT2D eigenvalue weighted by Gasteiger charge is 2.12. The van der Waals surface area contributed by atoms with E-state index in [-0.39, 0.29) is 12.4 Å². The minimum Gasteiger partial charge on any atom is -0.327 e. The van der Waals surface area contributed by atoms with Gasteiger partial charge in [0.15, 0.2) is 0 Å². The van der Waals surface area contributed by atoms with Crippen LogP contribution in [0.2, 0.25) is 0 Å². The normalized spacial score (nSPS) is 17.4. The van der Waals surface area contributed by atoms with E-state index in [0.29, 0.717) is 6.04 Å². The van der Waals surface area contributed by atoms with Crippen LogP contribution in [0.5, 0.6) is 0 Å². The molecular formula is C14H23ClN2S. The highest BCUT2D eigenvalue weighted by molar-refractivity contribution is 7.99. The van der Waals surface area contributed by atoms with Gasteiger partial charge in [0, 0.05) is 16.7 Å². The van der Waals surface area contributed by atoms with E-state index in [1.54, 1.807) is 0 Å². The lowest BCUT2D eigenvalue weighted by molar-refractivity contribution is 0.325. The van der Waals surface area contributed by atoms with Crippen molar-refractivity contribution in [3.63, 3.8) is 0 Å². The lowest BCUT2D eigenvalue weighted by Crippen LogP contribution is -2.30. The quantitative estimate of drug-likeness (QED) is 0.815. The van der Waals surface area contributed by atoms with E-state index < -0.39 is 0 Å². The zero-order valence-corrected chi connectivity index (χ0v) is 12.4. The summed E-state index contributed by atoms with van der Waals surface area (Å²) in [6, 6.07) is 10.8. The molecule has 4 heteroatoms. The molecule has 0 unspecified atom stereocenters. The lowest BCUT2D eigenvalue weighted by atomic mass is 10.2. The molecule has 0 amide bonds. The maximum atomic E-state index is 6.15. The second kappa shape index (κ2) is 8.81. The Morgan fingerprint density at radius 1 is 1.17 bits per heavy atom. The molecule has 1 fully saturated rings. The van der Waals surface area contributed by atoms with Crippen molar-refractivity contribution in [3.05, 3.63) is 30.3 Å². The fraction of sp³-hybridized carbons (Fsp3) is 0.571. The number of hydrogen-bond acceptors (Lipinski definition) is 3. The second-order valence-electron chi connectivity index (χ2n) is 4.72. The van der Waals surface area contributed by atoms with Crippen LogP contribution in [0.3, 0.4) is 0 Å². The van der Waals surface area contributed by atoms with Crippen molar-refractivity contribution < 1.29 is 0 Å². The molecule has 0 bridgehead atoms. The van der Waals surface area contributed by atoms with E-state index in [2.05, 4.69) is 35.2 Å². The standard InChI is InChI=1S/C14H22N2S.ClH/c15-13(8-11-16-9-4-5-10-16)12-17-14-6-2-1-3-7-14;/h1-3,6-7,13H,4-5,8-12,15H2;1H/t13-;/m1./s1. The Labute approximate surface area is 121 Å². The highest BCUT2D eigenvalue weighted by Crippen LogP contribution is 2.18. The smallest absolute Gasteiger partial charge is 0.0146 e. The van der Waals surface area contributed by atoms with Crippen LogP contribution in [0.15, 0.2) is 35.2 Å². The zero-order chi connectivity index (χ0) is 11.9. The number of nitrogens with zero attached hydrogens (tertiary/aromatic N) is 1. The highest BCUT2D eigenvalue weighted by atomic mass is 35.5. The van der Waals surface area contributed by atoms with Crippen LogP contribution in [0, 0.1) is 0 Å². The summed E-state index contributed by atoms with van der Waals surface area (Å²) in [4.78, 5) is 3.86. The minimum atomic E-state index is 0. The van der Waals surface area contributed by atoms with Gasteiger partial charge in [-0.1, -0.05) is 18.2 Å². The number of halogens is 1. The third kappa shape index (κ3) is 5.61. The summed E-state index contributed by atoms with van der Waals surface area (Å²) in [5.74, 6) is 1.03. The molecule has 1 aliphatic rings. The van der Waals surface area contributed by atoms with Gasteiger partial charge in [-0.2, -0.15) is 0 Å². The fourth-order valence-corrected chi connectivity index (χ4v) is 3.08. The van der Waals surface area contributed by atoms with Crippen LogP contribution < -0.4 is 5.73 Å². The average Bonchev–Trinajstić information content (AvgIpc) is 2.88. The molecule has 1 saturated heterocycles. The van der Waals surface area contributed by atoms with E-state index in [9.17, 15) is 0 Å². The van der Waals surface area contributed by atoms with Gasteiger partial charge in [0.2, 0.25) is 0 Å². The Bertz CT molecular complexity index is 315. The molecule has 0 aliphatic carbocycles. The van der Waals surface area contributed by atoms with Crippen LogP contribution in [-0.2, 0) is 0 Å². The zero-order valence-electron chi connectivity index (χ0n) is 10.8. The number of benzene rings is 1. The van der Waals surface area contributed by atoms with Crippen LogP contribution in [0.25, 0.3) is 0 Å². The maximum Gasteiger partial charge on any atom is 0.0146 e. The van der Waals surface area contributed by atoms with E-state index in [4.69, 9.17) is 5.73 Å². The van der Waals surface area contributed by atoms with Gasteiger partial charge in [-0.15, -0.1) is 24.2 Å². The Morgan fingerprint density at radius 2 is 1.83 bits per heavy atom. The summed E-state index contributed by atoms with van der Waals surface area (Å²) in [7, 11) is 0. The van der Waals surface area contributed by atoms with Crippen molar-refractivity contribution in [2.75, 3.05) is 25.4 Å². The average molecular weight is 287 g/mol. The first-order valence-electron chi connectivity index (χ1n) is 6.50. The Balaban J connectivity index is 0.00000162. The number of thioether (sulfide) groups is 1. The molecule has 0 radical (unpaired) electrons. The Kier molecular flexibility index (Phi) is 7.75. The lowest BCUT2D eigenvalue weighted by Gasteiger charge is -2.17. The van der Waals surface area contributed by atoms with E-state index in [1.165, 1.54) is 37.4 Å². The Hall–Kier alpha value is -0.220. The second-order valence-corrected chi connectivity index (χ2v) is 5.81. The summed E-state index contributed by atoms with van der Waals surface area (Å²) >= 11 is 1.87. The van der Waals surface area contributed by atoms with Gasteiger partial charge in [-0.25, -0.2) is 0 Å². The Morgan fingerprint density at radius 3 is 2.50 bits per heavy atom. The predicted octanol–water partition coefficient (Wildman–Crippen LogP) is 3.01. The van der Waals surface area contributed by atoms with Gasteiger partial charge >= 0.3 is 0 Å². The predicted molar refractivity (Wildman–Crippen MR) is 82.7 cm³/mol. The molecule has 1 atom stereocenters. The monoisotopic (exact) mass is 286 g/mol. The summed E-state index contributed by atoms with van der Waals surface area (Å²) < 4.78 is 0. The molecule has 2 rings (SSSR count). The van der Waals surface area contributed by atoms with Crippen LogP contribution in [-0.4, -0.2) is 36.3 Å². The minimum absolute atomic E-state index is 0. The number of rotatable bonds is 6. The number of likely N-dealkylation sites (tertiary alicyclic amines) is 1. The molecule has 1 heterocycles. The van der Waals surface area contributed by atoms with Crippen LogP contribution in [0.1, 0.15) is 19.3 Å². The van der Waals surface area contributed by atoms with Crippen molar-refractivity contribution in [1.29, 1.82) is 0 Å². The summed E-state index contributed by atoms with van der Waals surface area (Å²) in [6.07, 6.45) is 3.86. The SMILES string of the molecule is Cl.N[C@H](CCN1CCCC1)CSc1ccccc1. The van der Waals surface area contributed by atoms with Crippen molar-refractivity contribution in [2.45, 2.75) is 30.2 Å². The number of hydrogen-bond donors (Lipinski definition) is 1. The fourth-order valence-electron chi connectivity index (χ4n) is 2.16. The summed E-state index contributed by atoms with van der Waals surface area (Å²) in [6.45, 7) is 3.73. The molecule has 1 aromatic rings. The van der Waals surface area contributed by atoms with E-state index in [1.807, 2.05) is 11.8 Å². The topological polar surface area (TPSA) is 29.3 Å². The van der Waals surface area contributed by atoms with E-state index in [0.717, 1.165) is 12.2 Å². The van der Waals surface area contributed by atoms with Gasteiger partial charge < -0.3 is 10.6 Å². The van der Waals surface area contributed by atoms with Crippen molar-refractivity contribution >= 4 is 24.2 Å². The first-order valence-corrected chi connectivity index (χ1v) is 7.49. The first kappa shape index (κ1) is 15.8. The van der Waals surface area contributed by atoms with Gasteiger partial charge in [-0.05, 0) is 51.0 Å². The van der Waals surface area contributed by atoms with Gasteiger partial charge in [-0.3, -0.25) is 0 Å². The third-order valence-corrected chi connectivity index (χ3v) is 4.42. The molecular weight excluding hydrogens is 264 g/mol. The molecule has 1 aromatic carbocycles. The van der Waals surface area contributed by atoms with E-state index >= 15 is 0 Å². The van der Waals surface area contributed by atoms with Crippen LogP contribution >= 0.6 is 24.2 Å². The van der Waals surface area contributed by atoms with Gasteiger partial charge in [0.1, 0.15) is 0 Å². The van der Waals surface area contributed by atoms with Crippen molar-refractivity contribution in [1.82, 2.24) is 4.90 Å². The molecule has 1 aliphatic heterocycles. The molecule has 18 heavy (non-hydrogen) atoms. The largest absolute Gasteiger partial charge is 0.327 e. The molecule has 0 saturated carbocycles. The van der Waals surface area contributed by atoms with Crippen molar-refractivity contribution in [3.8, 4) is 0 Å².